The summed E-state index contributed by atoms with van der Waals surface area (Å²) >= 11 is 3.36. The maximum absolute atomic E-state index is 11.1. The first-order chi connectivity index (χ1) is 7.65. The molecule has 0 bridgehead atoms. The normalized spacial score (nSPS) is 10.3. The fourth-order valence-electron chi connectivity index (χ4n) is 1.40. The second-order valence-electron chi connectivity index (χ2n) is 3.45. The van der Waals surface area contributed by atoms with Crippen molar-refractivity contribution in [3.8, 4) is 0 Å². The fourth-order valence-corrected chi connectivity index (χ4v) is 1.81. The molecule has 2 aromatic heterocycles. The van der Waals surface area contributed by atoms with E-state index in [0.29, 0.717) is 6.54 Å². The summed E-state index contributed by atoms with van der Waals surface area (Å²) in [5.41, 5.74) is 6.69. The van der Waals surface area contributed by atoms with Crippen LogP contribution in [0.5, 0.6) is 0 Å². The van der Waals surface area contributed by atoms with Crippen molar-refractivity contribution in [2.75, 3.05) is 5.73 Å². The highest BCUT2D eigenvalue weighted by molar-refractivity contribution is 9.10. The molecule has 0 aromatic carbocycles. The first-order valence-electron chi connectivity index (χ1n) is 4.70. The van der Waals surface area contributed by atoms with Gasteiger partial charge in [0.25, 0.3) is 0 Å². The lowest BCUT2D eigenvalue weighted by Crippen LogP contribution is -2.11. The first kappa shape index (κ1) is 10.9. The van der Waals surface area contributed by atoms with E-state index in [9.17, 15) is 4.79 Å². The van der Waals surface area contributed by atoms with E-state index in [-0.39, 0.29) is 11.1 Å². The van der Waals surface area contributed by atoms with Crippen LogP contribution in [-0.4, -0.2) is 9.55 Å². The topological polar surface area (TPSA) is 60.9 Å². The van der Waals surface area contributed by atoms with Gasteiger partial charge in [-0.15, -0.1) is 0 Å². The van der Waals surface area contributed by atoms with E-state index in [1.807, 2.05) is 10.6 Å². The minimum atomic E-state index is -0.149. The summed E-state index contributed by atoms with van der Waals surface area (Å²) in [4.78, 5) is 15.2. The van der Waals surface area contributed by atoms with E-state index in [2.05, 4.69) is 20.9 Å². The Kier molecular flexibility index (Phi) is 3.05. The van der Waals surface area contributed by atoms with Crippen LogP contribution in [-0.2, 0) is 6.54 Å². The number of halogens is 1. The largest absolute Gasteiger partial charge is 0.394 e. The van der Waals surface area contributed by atoms with Crippen molar-refractivity contribution in [3.63, 3.8) is 0 Å². The van der Waals surface area contributed by atoms with Crippen molar-refractivity contribution in [2.24, 2.45) is 0 Å². The van der Waals surface area contributed by atoms with Gasteiger partial charge in [-0.05, 0) is 27.6 Å². The van der Waals surface area contributed by atoms with Gasteiger partial charge in [0.2, 0.25) is 5.43 Å². The number of hydrogen-bond donors (Lipinski definition) is 1. The van der Waals surface area contributed by atoms with Crippen LogP contribution in [0.3, 0.4) is 0 Å². The third kappa shape index (κ3) is 2.49. The lowest BCUT2D eigenvalue weighted by molar-refractivity contribution is 0.786. The van der Waals surface area contributed by atoms with Gasteiger partial charge in [-0.1, -0.05) is 0 Å². The molecular formula is C11H10BrN3O. The van der Waals surface area contributed by atoms with Crippen LogP contribution in [0.2, 0.25) is 0 Å². The van der Waals surface area contributed by atoms with E-state index in [4.69, 9.17) is 5.73 Å². The van der Waals surface area contributed by atoms with Crippen molar-refractivity contribution < 1.29 is 0 Å². The molecule has 4 nitrogen and oxygen atoms in total. The van der Waals surface area contributed by atoms with E-state index in [0.717, 1.165) is 10.0 Å². The number of aromatic nitrogens is 2. The van der Waals surface area contributed by atoms with Crippen molar-refractivity contribution >= 4 is 21.6 Å². The van der Waals surface area contributed by atoms with Gasteiger partial charge >= 0.3 is 0 Å². The van der Waals surface area contributed by atoms with E-state index >= 15 is 0 Å². The molecule has 0 saturated carbocycles. The number of nitrogen functional groups attached to an aromatic ring is 1. The molecule has 16 heavy (non-hydrogen) atoms. The number of nitrogens with two attached hydrogens (primary N) is 1. The van der Waals surface area contributed by atoms with E-state index < -0.39 is 0 Å². The van der Waals surface area contributed by atoms with Crippen LogP contribution in [0.25, 0.3) is 0 Å². The van der Waals surface area contributed by atoms with Gasteiger partial charge in [-0.2, -0.15) is 0 Å². The van der Waals surface area contributed by atoms with Crippen LogP contribution >= 0.6 is 15.9 Å². The van der Waals surface area contributed by atoms with Crippen molar-refractivity contribution in [1.29, 1.82) is 0 Å². The third-order valence-corrected chi connectivity index (χ3v) is 2.57. The molecule has 82 valence electrons. The molecular weight excluding hydrogens is 270 g/mol. The van der Waals surface area contributed by atoms with Crippen LogP contribution in [0, 0.1) is 0 Å². The highest BCUT2D eigenvalue weighted by Crippen LogP contribution is 2.10. The summed E-state index contributed by atoms with van der Waals surface area (Å²) in [5.74, 6) is 0. The Hall–Kier alpha value is -1.62. The van der Waals surface area contributed by atoms with Gasteiger partial charge in [-0.3, -0.25) is 9.78 Å². The number of hydrogen-bond acceptors (Lipinski definition) is 3. The zero-order valence-electron chi connectivity index (χ0n) is 8.43. The molecule has 0 aliphatic heterocycles. The fraction of sp³-hybridized carbons (Fsp3) is 0.0909. The average molecular weight is 280 g/mol. The standard InChI is InChI=1S/C11H10BrN3O/c12-9-3-8(4-14-5-9)6-15-2-1-11(16)10(13)7-15/h1-5,7H,6,13H2. The minimum Gasteiger partial charge on any atom is -0.394 e. The molecule has 0 unspecified atom stereocenters. The van der Waals surface area contributed by atoms with Crippen LogP contribution in [0.15, 0.2) is 46.2 Å². The molecule has 0 atom stereocenters. The van der Waals surface area contributed by atoms with Gasteiger partial charge in [0.15, 0.2) is 0 Å². The summed E-state index contributed by atoms with van der Waals surface area (Å²) < 4.78 is 2.78. The highest BCUT2D eigenvalue weighted by Gasteiger charge is 1.98. The smallest absolute Gasteiger partial charge is 0.204 e. The summed E-state index contributed by atoms with van der Waals surface area (Å²) in [6, 6.07) is 3.43. The molecule has 2 rings (SSSR count). The third-order valence-electron chi connectivity index (χ3n) is 2.13. The predicted molar refractivity (Wildman–Crippen MR) is 66.2 cm³/mol. The summed E-state index contributed by atoms with van der Waals surface area (Å²) in [6.07, 6.45) is 6.84. The zero-order valence-corrected chi connectivity index (χ0v) is 10.0. The number of pyridine rings is 2. The van der Waals surface area contributed by atoms with E-state index in [1.54, 1.807) is 24.8 Å². The van der Waals surface area contributed by atoms with Gasteiger partial charge in [-0.25, -0.2) is 0 Å². The van der Waals surface area contributed by atoms with Gasteiger partial charge in [0.1, 0.15) is 0 Å². The number of rotatable bonds is 2. The van der Waals surface area contributed by atoms with Crippen LogP contribution in [0.1, 0.15) is 5.56 Å². The first-order valence-corrected chi connectivity index (χ1v) is 5.49. The Labute approximate surface area is 101 Å². The highest BCUT2D eigenvalue weighted by atomic mass is 79.9. The Balaban J connectivity index is 2.27. The Morgan fingerprint density at radius 2 is 2.25 bits per heavy atom. The lowest BCUT2D eigenvalue weighted by Gasteiger charge is -2.06. The zero-order chi connectivity index (χ0) is 11.5. The molecule has 0 radical (unpaired) electrons. The quantitative estimate of drug-likeness (QED) is 0.909. The Morgan fingerprint density at radius 1 is 1.44 bits per heavy atom. The average Bonchev–Trinajstić information content (AvgIpc) is 2.24. The monoisotopic (exact) mass is 279 g/mol. The maximum atomic E-state index is 11.1. The Morgan fingerprint density at radius 3 is 2.94 bits per heavy atom. The lowest BCUT2D eigenvalue weighted by atomic mass is 10.3. The number of anilines is 1. The molecule has 2 heterocycles. The molecule has 2 N–H and O–H groups in total. The minimum absolute atomic E-state index is 0.149. The second-order valence-corrected chi connectivity index (χ2v) is 4.36. The molecule has 0 aliphatic carbocycles. The van der Waals surface area contributed by atoms with Gasteiger partial charge in [0.05, 0.1) is 5.69 Å². The van der Waals surface area contributed by atoms with Crippen molar-refractivity contribution in [1.82, 2.24) is 9.55 Å². The summed E-state index contributed by atoms with van der Waals surface area (Å²) in [5, 5.41) is 0. The van der Waals surface area contributed by atoms with Crippen LogP contribution < -0.4 is 11.2 Å². The molecule has 0 fully saturated rings. The molecule has 2 aromatic rings. The predicted octanol–water partition coefficient (Wildman–Crippen LogP) is 1.64. The molecule has 0 aliphatic rings. The van der Waals surface area contributed by atoms with Gasteiger partial charge < -0.3 is 10.3 Å². The second kappa shape index (κ2) is 4.49. The molecule has 0 saturated heterocycles. The van der Waals surface area contributed by atoms with Crippen molar-refractivity contribution in [2.45, 2.75) is 6.54 Å². The Bertz CT molecular complexity index is 565. The summed E-state index contributed by atoms with van der Waals surface area (Å²) in [6.45, 7) is 0.636. The summed E-state index contributed by atoms with van der Waals surface area (Å²) in [7, 11) is 0. The van der Waals surface area contributed by atoms with Crippen LogP contribution in [0.4, 0.5) is 5.69 Å². The SMILES string of the molecule is Nc1cn(Cc2cncc(Br)c2)ccc1=O. The number of nitrogens with zero attached hydrogens (tertiary/aromatic N) is 2. The van der Waals surface area contributed by atoms with Crippen molar-refractivity contribution in [3.05, 3.63) is 57.2 Å². The molecule has 0 amide bonds. The maximum Gasteiger partial charge on any atom is 0.204 e. The van der Waals surface area contributed by atoms with Gasteiger partial charge in [0, 0.05) is 41.9 Å². The van der Waals surface area contributed by atoms with E-state index in [1.165, 1.54) is 6.07 Å². The molecule has 5 heteroatoms. The molecule has 0 spiro atoms.